The first-order chi connectivity index (χ1) is 26.7. The summed E-state index contributed by atoms with van der Waals surface area (Å²) in [5.74, 6) is 0.604. The molecule has 4 nitrogen and oxygen atoms in total. The highest BCUT2D eigenvalue weighted by Crippen LogP contribution is 2.44. The van der Waals surface area contributed by atoms with Gasteiger partial charge in [0.25, 0.3) is 0 Å². The summed E-state index contributed by atoms with van der Waals surface area (Å²) < 4.78 is 15.1. The highest BCUT2D eigenvalue weighted by Gasteiger charge is 2.19. The first kappa shape index (κ1) is 30.7. The molecule has 0 unspecified atom stereocenters. The topological polar surface area (TPSA) is 42.4 Å². The van der Waals surface area contributed by atoms with Crippen molar-refractivity contribution in [3.05, 3.63) is 182 Å². The van der Waals surface area contributed by atoms with Crippen molar-refractivity contribution in [1.29, 1.82) is 0 Å². The van der Waals surface area contributed by atoms with Crippen LogP contribution in [0, 0.1) is 0 Å². The van der Waals surface area contributed by atoms with Crippen molar-refractivity contribution in [3.8, 4) is 33.7 Å². The molecule has 0 spiro atoms. The largest absolute Gasteiger partial charge is 0.456 e. The molecule has 0 saturated carbocycles. The number of para-hydroxylation sites is 1. The minimum absolute atomic E-state index is 0.604. The maximum absolute atomic E-state index is 6.32. The zero-order valence-electron chi connectivity index (χ0n) is 28.9. The summed E-state index contributed by atoms with van der Waals surface area (Å²) >= 11 is 1.84. The van der Waals surface area contributed by atoms with Crippen molar-refractivity contribution in [3.63, 3.8) is 0 Å². The molecule has 0 saturated heterocycles. The van der Waals surface area contributed by atoms with Crippen molar-refractivity contribution < 1.29 is 8.83 Å². The van der Waals surface area contributed by atoms with Crippen LogP contribution >= 0.6 is 11.3 Å². The van der Waals surface area contributed by atoms with E-state index < -0.39 is 0 Å². The fourth-order valence-electron chi connectivity index (χ4n) is 7.70. The molecular weight excluding hydrogens is 681 g/mol. The first-order valence-electron chi connectivity index (χ1n) is 18.0. The van der Waals surface area contributed by atoms with Gasteiger partial charge in [0, 0.05) is 59.5 Å². The van der Waals surface area contributed by atoms with Crippen molar-refractivity contribution in [2.75, 3.05) is 4.90 Å². The number of anilines is 3. The molecule has 3 aromatic heterocycles. The molecule has 3 heterocycles. The van der Waals surface area contributed by atoms with E-state index in [1.807, 2.05) is 47.7 Å². The molecule has 11 aromatic rings. The van der Waals surface area contributed by atoms with Gasteiger partial charge in [-0.1, -0.05) is 109 Å². The number of nitrogens with zero attached hydrogens (tertiary/aromatic N) is 2. The van der Waals surface area contributed by atoms with Crippen LogP contribution in [-0.4, -0.2) is 4.98 Å². The van der Waals surface area contributed by atoms with E-state index >= 15 is 0 Å². The molecule has 54 heavy (non-hydrogen) atoms. The average Bonchev–Trinajstić information content (AvgIpc) is 3.93. The molecule has 0 radical (unpaired) electrons. The lowest BCUT2D eigenvalue weighted by Crippen LogP contribution is -2.11. The Labute approximate surface area is 314 Å². The molecule has 0 aliphatic rings. The van der Waals surface area contributed by atoms with Crippen LogP contribution in [0.25, 0.3) is 86.9 Å². The molecule has 0 amide bonds. The second-order valence-electron chi connectivity index (χ2n) is 13.6. The maximum atomic E-state index is 6.32. The van der Waals surface area contributed by atoms with E-state index in [9.17, 15) is 0 Å². The monoisotopic (exact) mass is 710 g/mol. The second-order valence-corrected chi connectivity index (χ2v) is 14.6. The number of oxazole rings is 1. The molecule has 5 heteroatoms. The minimum atomic E-state index is 0.604. The Balaban J connectivity index is 1.01. The third kappa shape index (κ3) is 5.09. The van der Waals surface area contributed by atoms with Gasteiger partial charge in [-0.3, -0.25) is 0 Å². The molecule has 0 bridgehead atoms. The zero-order chi connectivity index (χ0) is 35.6. The summed E-state index contributed by atoms with van der Waals surface area (Å²) in [5, 5.41) is 4.64. The minimum Gasteiger partial charge on any atom is -0.456 e. The first-order valence-corrected chi connectivity index (χ1v) is 18.8. The molecule has 0 N–H and O–H groups in total. The third-order valence-electron chi connectivity index (χ3n) is 10.3. The normalized spacial score (nSPS) is 11.7. The van der Waals surface area contributed by atoms with Crippen molar-refractivity contribution in [2.24, 2.45) is 0 Å². The van der Waals surface area contributed by atoms with Crippen LogP contribution in [-0.2, 0) is 0 Å². The summed E-state index contributed by atoms with van der Waals surface area (Å²) in [6, 6.07) is 64.2. The van der Waals surface area contributed by atoms with Gasteiger partial charge in [-0.25, -0.2) is 4.98 Å². The summed E-state index contributed by atoms with van der Waals surface area (Å²) in [4.78, 5) is 7.14. The van der Waals surface area contributed by atoms with Crippen LogP contribution in [0.5, 0.6) is 0 Å². The van der Waals surface area contributed by atoms with Crippen molar-refractivity contribution in [2.45, 2.75) is 0 Å². The van der Waals surface area contributed by atoms with E-state index in [2.05, 4.69) is 150 Å². The Kier molecular flexibility index (Phi) is 7.00. The van der Waals surface area contributed by atoms with Crippen LogP contribution < -0.4 is 4.90 Å². The zero-order valence-corrected chi connectivity index (χ0v) is 29.8. The van der Waals surface area contributed by atoms with Gasteiger partial charge in [-0.2, -0.15) is 0 Å². The Morgan fingerprint density at radius 3 is 1.94 bits per heavy atom. The van der Waals surface area contributed by atoms with E-state index in [1.165, 1.54) is 31.3 Å². The van der Waals surface area contributed by atoms with Gasteiger partial charge in [0.2, 0.25) is 5.89 Å². The predicted molar refractivity (Wildman–Crippen MR) is 225 cm³/mol. The SMILES string of the molecule is c1ccc(-c2nc3cc4oc5ccc(-c6ccc(N(c7ccc8c(c7)sc7ccccc78)c7ccccc7-c7ccccc7)cc6)cc5c4cc3o2)cc1. The number of hydrogen-bond acceptors (Lipinski definition) is 5. The maximum Gasteiger partial charge on any atom is 0.227 e. The average molecular weight is 711 g/mol. The van der Waals surface area contributed by atoms with E-state index in [4.69, 9.17) is 13.8 Å². The quantitative estimate of drug-likeness (QED) is 0.172. The van der Waals surface area contributed by atoms with Crippen molar-refractivity contribution in [1.82, 2.24) is 4.98 Å². The van der Waals surface area contributed by atoms with Crippen LogP contribution in [0.1, 0.15) is 0 Å². The highest BCUT2D eigenvalue weighted by molar-refractivity contribution is 7.25. The van der Waals surface area contributed by atoms with Gasteiger partial charge in [0.05, 0.1) is 5.69 Å². The number of aromatic nitrogens is 1. The van der Waals surface area contributed by atoms with Gasteiger partial charge in [0.15, 0.2) is 5.58 Å². The highest BCUT2D eigenvalue weighted by atomic mass is 32.1. The third-order valence-corrected chi connectivity index (χ3v) is 11.4. The van der Waals surface area contributed by atoms with Gasteiger partial charge in [0.1, 0.15) is 16.7 Å². The van der Waals surface area contributed by atoms with Gasteiger partial charge >= 0.3 is 0 Å². The summed E-state index contributed by atoms with van der Waals surface area (Å²) in [7, 11) is 0. The Bertz CT molecular complexity index is 3160. The van der Waals surface area contributed by atoms with E-state index in [0.717, 1.165) is 66.8 Å². The van der Waals surface area contributed by atoms with Crippen molar-refractivity contribution >= 4 is 81.6 Å². The molecular formula is C49H30N2O2S. The number of thiophene rings is 1. The fourth-order valence-corrected chi connectivity index (χ4v) is 8.83. The van der Waals surface area contributed by atoms with Gasteiger partial charge < -0.3 is 13.7 Å². The van der Waals surface area contributed by atoms with Crippen LogP contribution in [0.2, 0.25) is 0 Å². The second kappa shape index (κ2) is 12.3. The summed E-state index contributed by atoms with van der Waals surface area (Å²) in [6.07, 6.45) is 0. The van der Waals surface area contributed by atoms with E-state index in [0.29, 0.717) is 5.89 Å². The summed E-state index contributed by atoms with van der Waals surface area (Å²) in [5.41, 5.74) is 12.0. The smallest absolute Gasteiger partial charge is 0.227 e. The molecule has 0 aliphatic heterocycles. The number of fused-ring (bicyclic) bond motifs is 7. The lowest BCUT2D eigenvalue weighted by molar-refractivity contribution is 0.620. The molecule has 8 aromatic carbocycles. The molecule has 0 atom stereocenters. The molecule has 254 valence electrons. The lowest BCUT2D eigenvalue weighted by atomic mass is 10.00. The predicted octanol–water partition coefficient (Wildman–Crippen LogP) is 14.6. The number of rotatable bonds is 6. The number of benzene rings is 8. The standard InChI is InChI=1S/C49H30N2O2S/c1-3-11-32(12-4-1)37-15-7-9-17-43(37)51(36-24-25-39-38-16-8-10-18-47(38)54-48(39)28-36)35-22-19-31(20-23-35)34-21-26-44-40(27-34)41-29-46-42(30-45(41)52-44)50-49(53-46)33-13-5-2-6-14-33/h1-30H. The molecule has 0 fully saturated rings. The van der Waals surface area contributed by atoms with Crippen LogP contribution in [0.15, 0.2) is 191 Å². The Morgan fingerprint density at radius 2 is 1.09 bits per heavy atom. The Morgan fingerprint density at radius 1 is 0.407 bits per heavy atom. The number of furan rings is 1. The van der Waals surface area contributed by atoms with Gasteiger partial charge in [-0.05, 0) is 83.4 Å². The van der Waals surface area contributed by atoms with E-state index in [1.54, 1.807) is 0 Å². The molecule has 0 aliphatic carbocycles. The van der Waals surface area contributed by atoms with Crippen LogP contribution in [0.3, 0.4) is 0 Å². The Hall–Kier alpha value is -6.95. The number of hydrogen-bond donors (Lipinski definition) is 0. The fraction of sp³-hybridized carbons (Fsp3) is 0. The lowest BCUT2D eigenvalue weighted by Gasteiger charge is -2.28. The summed E-state index contributed by atoms with van der Waals surface area (Å²) in [6.45, 7) is 0. The van der Waals surface area contributed by atoms with E-state index in [-0.39, 0.29) is 0 Å². The van der Waals surface area contributed by atoms with Gasteiger partial charge in [-0.15, -0.1) is 11.3 Å². The van der Waals surface area contributed by atoms with Crippen LogP contribution in [0.4, 0.5) is 17.1 Å². The molecule has 11 rings (SSSR count).